The summed E-state index contributed by atoms with van der Waals surface area (Å²) < 4.78 is 44.0. The maximum absolute atomic E-state index is 13.0. The molecule has 144 valence electrons. The largest absolute Gasteiger partial charge is 0.459 e. The first-order chi connectivity index (χ1) is 12.8. The highest BCUT2D eigenvalue weighted by Gasteiger charge is 2.35. The van der Waals surface area contributed by atoms with Crippen LogP contribution in [0.5, 0.6) is 0 Å². The van der Waals surface area contributed by atoms with E-state index in [2.05, 4.69) is 0 Å². The van der Waals surface area contributed by atoms with Gasteiger partial charge in [0.25, 0.3) is 5.91 Å². The number of furan rings is 1. The van der Waals surface area contributed by atoms with Gasteiger partial charge in [-0.1, -0.05) is 12.1 Å². The number of alkyl halides is 3. The van der Waals surface area contributed by atoms with Gasteiger partial charge in [-0.2, -0.15) is 13.2 Å². The van der Waals surface area contributed by atoms with Crippen molar-refractivity contribution in [2.45, 2.75) is 11.6 Å². The molecule has 1 aliphatic rings. The second kappa shape index (κ2) is 7.67. The molecule has 0 saturated carbocycles. The average Bonchev–Trinajstić information content (AvgIpc) is 3.28. The van der Waals surface area contributed by atoms with Crippen LogP contribution < -0.4 is 0 Å². The lowest BCUT2D eigenvalue weighted by Crippen LogP contribution is -2.38. The molecule has 0 bridgehead atoms. The van der Waals surface area contributed by atoms with E-state index in [9.17, 15) is 22.8 Å². The summed E-state index contributed by atoms with van der Waals surface area (Å²) in [5.41, 5.74) is -0.328. The predicted molar refractivity (Wildman–Crippen MR) is 94.0 cm³/mol. The Kier molecular flexibility index (Phi) is 5.50. The van der Waals surface area contributed by atoms with Crippen molar-refractivity contribution < 1.29 is 27.2 Å². The molecule has 1 aromatic heterocycles. The summed E-state index contributed by atoms with van der Waals surface area (Å²) in [5.74, 6) is -0.109. The van der Waals surface area contributed by atoms with Crippen molar-refractivity contribution in [3.63, 3.8) is 0 Å². The Bertz CT molecular complexity index is 824. The molecule has 1 saturated heterocycles. The van der Waals surface area contributed by atoms with Crippen molar-refractivity contribution >= 4 is 23.6 Å². The predicted octanol–water partition coefficient (Wildman–Crippen LogP) is 3.64. The Morgan fingerprint density at radius 1 is 1.33 bits per heavy atom. The SMILES string of the molecule is CN(CCN1C(=O)CSC1c1cccc(C(F)(F)F)c1)C(=O)c1ccco1. The van der Waals surface area contributed by atoms with E-state index in [0.717, 1.165) is 12.1 Å². The van der Waals surface area contributed by atoms with Crippen molar-refractivity contribution in [2.24, 2.45) is 0 Å². The van der Waals surface area contributed by atoms with Crippen LogP contribution in [0, 0.1) is 0 Å². The minimum atomic E-state index is -4.44. The van der Waals surface area contributed by atoms with E-state index in [1.54, 1.807) is 25.2 Å². The molecule has 1 atom stereocenters. The van der Waals surface area contributed by atoms with Crippen molar-refractivity contribution in [1.82, 2.24) is 9.80 Å². The van der Waals surface area contributed by atoms with Gasteiger partial charge < -0.3 is 14.2 Å². The first kappa shape index (κ1) is 19.3. The summed E-state index contributed by atoms with van der Waals surface area (Å²) in [6.45, 7) is 0.455. The molecule has 1 aliphatic heterocycles. The van der Waals surface area contributed by atoms with Gasteiger partial charge in [-0.3, -0.25) is 9.59 Å². The zero-order chi connectivity index (χ0) is 19.6. The van der Waals surface area contributed by atoms with E-state index in [1.807, 2.05) is 0 Å². The van der Waals surface area contributed by atoms with Crippen molar-refractivity contribution in [3.05, 3.63) is 59.5 Å². The summed E-state index contributed by atoms with van der Waals surface area (Å²) in [6.07, 6.45) is -3.05. The third-order valence-corrected chi connectivity index (χ3v) is 5.48. The summed E-state index contributed by atoms with van der Waals surface area (Å²) >= 11 is 1.28. The molecule has 3 rings (SSSR count). The smallest absolute Gasteiger partial charge is 0.416 e. The van der Waals surface area contributed by atoms with Crippen molar-refractivity contribution in [2.75, 3.05) is 25.9 Å². The summed E-state index contributed by atoms with van der Waals surface area (Å²) in [5, 5.41) is -0.507. The molecule has 2 amide bonds. The molecule has 0 N–H and O–H groups in total. The molecule has 1 aromatic carbocycles. The maximum Gasteiger partial charge on any atom is 0.416 e. The van der Waals surface area contributed by atoms with Gasteiger partial charge in [-0.15, -0.1) is 11.8 Å². The van der Waals surface area contributed by atoms with Gasteiger partial charge in [0.1, 0.15) is 5.37 Å². The fraction of sp³-hybridized carbons (Fsp3) is 0.333. The van der Waals surface area contributed by atoms with Crippen molar-refractivity contribution in [3.8, 4) is 0 Å². The Morgan fingerprint density at radius 3 is 2.78 bits per heavy atom. The van der Waals surface area contributed by atoms with Crippen LogP contribution in [-0.2, 0) is 11.0 Å². The lowest BCUT2D eigenvalue weighted by atomic mass is 10.1. The maximum atomic E-state index is 13.0. The van der Waals surface area contributed by atoms with E-state index < -0.39 is 17.1 Å². The minimum Gasteiger partial charge on any atom is -0.459 e. The number of halogens is 3. The van der Waals surface area contributed by atoms with Crippen LogP contribution in [0.3, 0.4) is 0 Å². The highest BCUT2D eigenvalue weighted by molar-refractivity contribution is 8.00. The number of amides is 2. The second-order valence-electron chi connectivity index (χ2n) is 6.08. The molecule has 0 radical (unpaired) electrons. The monoisotopic (exact) mass is 398 g/mol. The zero-order valence-corrected chi connectivity index (χ0v) is 15.2. The summed E-state index contributed by atoms with van der Waals surface area (Å²) in [4.78, 5) is 27.3. The molecular formula is C18H17F3N2O3S. The van der Waals surface area contributed by atoms with Crippen LogP contribution in [0.4, 0.5) is 13.2 Å². The van der Waals surface area contributed by atoms with E-state index in [0.29, 0.717) is 5.56 Å². The van der Waals surface area contributed by atoms with Crippen molar-refractivity contribution in [1.29, 1.82) is 0 Å². The zero-order valence-electron chi connectivity index (χ0n) is 14.4. The fourth-order valence-electron chi connectivity index (χ4n) is 2.79. The Morgan fingerprint density at radius 2 is 2.11 bits per heavy atom. The third-order valence-electron chi connectivity index (χ3n) is 4.22. The number of carbonyl (C=O) groups is 2. The van der Waals surface area contributed by atoms with Crippen LogP contribution in [0.15, 0.2) is 47.1 Å². The van der Waals surface area contributed by atoms with E-state index in [4.69, 9.17) is 4.42 Å². The highest BCUT2D eigenvalue weighted by Crippen LogP contribution is 2.40. The summed E-state index contributed by atoms with van der Waals surface area (Å²) in [7, 11) is 1.58. The number of carbonyl (C=O) groups excluding carboxylic acids is 2. The number of benzene rings is 1. The number of thioether (sulfide) groups is 1. The van der Waals surface area contributed by atoms with Gasteiger partial charge in [0.15, 0.2) is 5.76 Å². The van der Waals surface area contributed by atoms with Gasteiger partial charge in [-0.25, -0.2) is 0 Å². The Balaban J connectivity index is 1.71. The number of likely N-dealkylation sites (N-methyl/N-ethyl adjacent to an activating group) is 1. The average molecular weight is 398 g/mol. The molecule has 0 aliphatic carbocycles. The van der Waals surface area contributed by atoms with Crippen LogP contribution >= 0.6 is 11.8 Å². The molecule has 9 heteroatoms. The van der Waals surface area contributed by atoms with E-state index in [1.165, 1.54) is 33.9 Å². The molecule has 0 spiro atoms. The quantitative estimate of drug-likeness (QED) is 0.772. The van der Waals surface area contributed by atoms with Gasteiger partial charge in [0, 0.05) is 20.1 Å². The Labute approximate surface area is 158 Å². The lowest BCUT2D eigenvalue weighted by molar-refractivity contribution is -0.137. The molecule has 1 fully saturated rings. The van der Waals surface area contributed by atoms with Crippen LogP contribution in [-0.4, -0.2) is 47.5 Å². The van der Waals surface area contributed by atoms with Crippen LogP contribution in [0.25, 0.3) is 0 Å². The standard InChI is InChI=1S/C18H17F3N2O3S/c1-22(16(25)14-6-3-9-26-14)7-8-23-15(24)11-27-17(23)12-4-2-5-13(10-12)18(19,20)21/h2-6,9-10,17H,7-8,11H2,1H3. The number of nitrogens with zero attached hydrogens (tertiary/aromatic N) is 2. The number of hydrogen-bond acceptors (Lipinski definition) is 4. The first-order valence-electron chi connectivity index (χ1n) is 8.14. The molecule has 2 aromatic rings. The van der Waals surface area contributed by atoms with E-state index >= 15 is 0 Å². The summed E-state index contributed by atoms with van der Waals surface area (Å²) in [6, 6.07) is 8.14. The molecule has 5 nitrogen and oxygen atoms in total. The molecule has 2 heterocycles. The molecule has 1 unspecified atom stereocenters. The van der Waals surface area contributed by atoms with Gasteiger partial charge in [0.2, 0.25) is 5.91 Å². The highest BCUT2D eigenvalue weighted by atomic mass is 32.2. The van der Waals surface area contributed by atoms with Crippen LogP contribution in [0.1, 0.15) is 27.1 Å². The number of hydrogen-bond donors (Lipinski definition) is 0. The third kappa shape index (κ3) is 4.29. The second-order valence-corrected chi connectivity index (χ2v) is 7.15. The van der Waals surface area contributed by atoms with Gasteiger partial charge >= 0.3 is 6.18 Å². The van der Waals surface area contributed by atoms with Gasteiger partial charge in [0.05, 0.1) is 17.6 Å². The van der Waals surface area contributed by atoms with Crippen LogP contribution in [0.2, 0.25) is 0 Å². The lowest BCUT2D eigenvalue weighted by Gasteiger charge is -2.27. The van der Waals surface area contributed by atoms with E-state index in [-0.39, 0.29) is 36.4 Å². The first-order valence-corrected chi connectivity index (χ1v) is 9.19. The molecule has 27 heavy (non-hydrogen) atoms. The Hall–Kier alpha value is -2.42. The minimum absolute atomic E-state index is 0.166. The fourth-order valence-corrected chi connectivity index (χ4v) is 4.00. The topological polar surface area (TPSA) is 53.8 Å². The number of rotatable bonds is 5. The van der Waals surface area contributed by atoms with Gasteiger partial charge in [-0.05, 0) is 29.8 Å². The molecular weight excluding hydrogens is 381 g/mol. The normalized spacial score (nSPS) is 17.4.